The third kappa shape index (κ3) is 1.90. The SMILES string of the molecule is COc1cccc(C2N(C)c3ccccc3N2Cl)c1. The van der Waals surface area contributed by atoms with Crippen LogP contribution in [0.15, 0.2) is 48.5 Å². The number of nitrogens with zero attached hydrogens (tertiary/aromatic N) is 2. The van der Waals surface area contributed by atoms with Crippen LogP contribution in [0.2, 0.25) is 0 Å². The van der Waals surface area contributed by atoms with Crippen molar-refractivity contribution in [3.8, 4) is 5.75 Å². The molecule has 0 saturated heterocycles. The summed E-state index contributed by atoms with van der Waals surface area (Å²) in [6.45, 7) is 0. The minimum Gasteiger partial charge on any atom is -0.497 e. The van der Waals surface area contributed by atoms with Crippen LogP contribution in [0.1, 0.15) is 11.7 Å². The largest absolute Gasteiger partial charge is 0.497 e. The van der Waals surface area contributed by atoms with Crippen molar-refractivity contribution >= 4 is 23.2 Å². The van der Waals surface area contributed by atoms with Gasteiger partial charge in [0.2, 0.25) is 0 Å². The summed E-state index contributed by atoms with van der Waals surface area (Å²) in [6, 6.07) is 16.1. The summed E-state index contributed by atoms with van der Waals surface area (Å²) in [6.07, 6.45) is -0.0193. The van der Waals surface area contributed by atoms with Gasteiger partial charge in [-0.1, -0.05) is 24.3 Å². The third-order valence-electron chi connectivity index (χ3n) is 3.47. The van der Waals surface area contributed by atoms with Crippen LogP contribution in [0, 0.1) is 0 Å². The Balaban J connectivity index is 2.03. The second-order valence-corrected chi connectivity index (χ2v) is 4.93. The number of benzene rings is 2. The fourth-order valence-corrected chi connectivity index (χ4v) is 2.90. The van der Waals surface area contributed by atoms with E-state index in [0.29, 0.717) is 0 Å². The predicted octanol–water partition coefficient (Wildman–Crippen LogP) is 3.80. The molecule has 3 nitrogen and oxygen atoms in total. The summed E-state index contributed by atoms with van der Waals surface area (Å²) < 4.78 is 7.05. The van der Waals surface area contributed by atoms with Gasteiger partial charge in [-0.3, -0.25) is 4.42 Å². The second-order valence-electron chi connectivity index (χ2n) is 4.56. The number of rotatable bonds is 2. The van der Waals surface area contributed by atoms with Gasteiger partial charge in [0.25, 0.3) is 0 Å². The lowest BCUT2D eigenvalue weighted by Crippen LogP contribution is -2.27. The summed E-state index contributed by atoms with van der Waals surface area (Å²) in [5.74, 6) is 0.840. The van der Waals surface area contributed by atoms with E-state index in [9.17, 15) is 0 Å². The van der Waals surface area contributed by atoms with Crippen molar-refractivity contribution in [2.45, 2.75) is 6.17 Å². The highest BCUT2D eigenvalue weighted by Gasteiger charge is 2.33. The van der Waals surface area contributed by atoms with Gasteiger partial charge < -0.3 is 9.64 Å². The molecular weight excluding hydrogens is 260 g/mol. The molecule has 0 spiro atoms. The number of halogens is 1. The van der Waals surface area contributed by atoms with Crippen LogP contribution in [0.25, 0.3) is 0 Å². The van der Waals surface area contributed by atoms with Gasteiger partial charge in [-0.25, -0.2) is 0 Å². The first kappa shape index (κ1) is 12.2. The summed E-state index contributed by atoms with van der Waals surface area (Å²) in [4.78, 5) is 2.16. The summed E-state index contributed by atoms with van der Waals surface area (Å²) >= 11 is 6.48. The Kier molecular flexibility index (Phi) is 2.99. The Labute approximate surface area is 118 Å². The van der Waals surface area contributed by atoms with Crippen LogP contribution in [-0.2, 0) is 0 Å². The molecule has 2 aromatic rings. The molecule has 0 bridgehead atoms. The van der Waals surface area contributed by atoms with E-state index in [1.807, 2.05) is 43.4 Å². The van der Waals surface area contributed by atoms with Crippen LogP contribution in [-0.4, -0.2) is 14.2 Å². The van der Waals surface area contributed by atoms with Crippen LogP contribution in [0.3, 0.4) is 0 Å². The molecule has 0 N–H and O–H groups in total. The lowest BCUT2D eigenvalue weighted by atomic mass is 10.1. The Hall–Kier alpha value is -1.87. The average molecular weight is 275 g/mol. The third-order valence-corrected chi connectivity index (χ3v) is 3.83. The van der Waals surface area contributed by atoms with Crippen molar-refractivity contribution in [1.82, 2.24) is 0 Å². The Morgan fingerprint density at radius 2 is 1.79 bits per heavy atom. The van der Waals surface area contributed by atoms with Crippen molar-refractivity contribution in [2.24, 2.45) is 0 Å². The highest BCUT2D eigenvalue weighted by Crippen LogP contribution is 2.46. The smallest absolute Gasteiger partial charge is 0.143 e. The average Bonchev–Trinajstić information content (AvgIpc) is 2.72. The fraction of sp³-hybridized carbons (Fsp3) is 0.200. The minimum absolute atomic E-state index is 0.0193. The first-order valence-electron chi connectivity index (χ1n) is 6.13. The lowest BCUT2D eigenvalue weighted by molar-refractivity contribution is 0.414. The van der Waals surface area contributed by atoms with Gasteiger partial charge in [-0.05, 0) is 29.8 Å². The number of hydrogen-bond acceptors (Lipinski definition) is 3. The topological polar surface area (TPSA) is 15.7 Å². The number of methoxy groups -OCH3 is 1. The van der Waals surface area contributed by atoms with Crippen molar-refractivity contribution in [3.05, 3.63) is 54.1 Å². The quantitative estimate of drug-likeness (QED) is 0.775. The molecule has 19 heavy (non-hydrogen) atoms. The first-order valence-corrected chi connectivity index (χ1v) is 6.47. The number of para-hydroxylation sites is 2. The predicted molar refractivity (Wildman–Crippen MR) is 78.9 cm³/mol. The van der Waals surface area contributed by atoms with Crippen molar-refractivity contribution in [3.63, 3.8) is 0 Å². The van der Waals surface area contributed by atoms with Gasteiger partial charge in [-0.2, -0.15) is 0 Å². The Morgan fingerprint density at radius 3 is 2.47 bits per heavy atom. The van der Waals surface area contributed by atoms with E-state index < -0.39 is 0 Å². The molecule has 0 radical (unpaired) electrons. The van der Waals surface area contributed by atoms with Crippen molar-refractivity contribution < 1.29 is 4.74 Å². The van der Waals surface area contributed by atoms with E-state index >= 15 is 0 Å². The summed E-state index contributed by atoms with van der Waals surface area (Å²) in [5.41, 5.74) is 3.26. The number of hydrogen-bond donors (Lipinski definition) is 0. The number of ether oxygens (including phenoxy) is 1. The molecule has 0 fully saturated rings. The number of anilines is 2. The van der Waals surface area contributed by atoms with Gasteiger partial charge in [0.05, 0.1) is 18.5 Å². The highest BCUT2D eigenvalue weighted by atomic mass is 35.5. The molecular formula is C15H15ClN2O. The Bertz CT molecular complexity index is 573. The molecule has 1 aliphatic heterocycles. The molecule has 98 valence electrons. The van der Waals surface area contributed by atoms with Crippen LogP contribution >= 0.6 is 11.8 Å². The zero-order chi connectivity index (χ0) is 13.4. The standard InChI is InChI=1S/C15H15ClN2O/c1-17-13-8-3-4-9-14(13)18(16)15(17)11-6-5-7-12(10-11)19-2/h3-10,15H,1-2H3. The van der Waals surface area contributed by atoms with Gasteiger partial charge in [0, 0.05) is 18.8 Å². The maximum absolute atomic E-state index is 6.48. The summed E-state index contributed by atoms with van der Waals surface area (Å²) in [5, 5.41) is 0. The number of fused-ring (bicyclic) bond motifs is 1. The molecule has 3 rings (SSSR count). The van der Waals surface area contributed by atoms with E-state index in [1.165, 1.54) is 0 Å². The second kappa shape index (κ2) is 4.67. The van der Waals surface area contributed by atoms with Gasteiger partial charge in [0.15, 0.2) is 0 Å². The van der Waals surface area contributed by atoms with E-state index in [4.69, 9.17) is 16.5 Å². The summed E-state index contributed by atoms with van der Waals surface area (Å²) in [7, 11) is 3.72. The zero-order valence-corrected chi connectivity index (χ0v) is 11.6. The fourth-order valence-electron chi connectivity index (χ4n) is 2.52. The molecule has 1 heterocycles. The van der Waals surface area contributed by atoms with E-state index in [1.54, 1.807) is 11.5 Å². The van der Waals surface area contributed by atoms with Gasteiger partial charge in [-0.15, -0.1) is 0 Å². The van der Waals surface area contributed by atoms with Crippen molar-refractivity contribution in [2.75, 3.05) is 23.5 Å². The molecule has 0 aromatic heterocycles. The van der Waals surface area contributed by atoms with Crippen LogP contribution < -0.4 is 14.1 Å². The molecule has 1 unspecified atom stereocenters. The van der Waals surface area contributed by atoms with E-state index in [-0.39, 0.29) is 6.17 Å². The minimum atomic E-state index is -0.0193. The normalized spacial score (nSPS) is 17.5. The van der Waals surface area contributed by atoms with E-state index in [2.05, 4.69) is 17.0 Å². The maximum Gasteiger partial charge on any atom is 0.143 e. The van der Waals surface area contributed by atoms with Gasteiger partial charge >= 0.3 is 0 Å². The lowest BCUT2D eigenvalue weighted by Gasteiger charge is -2.26. The molecule has 1 atom stereocenters. The van der Waals surface area contributed by atoms with Crippen LogP contribution in [0.5, 0.6) is 5.75 Å². The Morgan fingerprint density at radius 1 is 1.05 bits per heavy atom. The van der Waals surface area contributed by atoms with Crippen molar-refractivity contribution in [1.29, 1.82) is 0 Å². The first-order chi connectivity index (χ1) is 9.22. The maximum atomic E-state index is 6.48. The molecule has 0 saturated carbocycles. The molecule has 4 heteroatoms. The van der Waals surface area contributed by atoms with E-state index in [0.717, 1.165) is 22.7 Å². The monoisotopic (exact) mass is 274 g/mol. The zero-order valence-electron chi connectivity index (χ0n) is 10.9. The molecule has 0 aliphatic carbocycles. The molecule has 1 aliphatic rings. The van der Waals surface area contributed by atoms with Gasteiger partial charge in [0.1, 0.15) is 11.9 Å². The molecule has 2 aromatic carbocycles. The van der Waals surface area contributed by atoms with Crippen LogP contribution in [0.4, 0.5) is 11.4 Å². The highest BCUT2D eigenvalue weighted by molar-refractivity contribution is 6.28. The molecule has 0 amide bonds.